The summed E-state index contributed by atoms with van der Waals surface area (Å²) in [5, 5.41) is 3.48. The number of rotatable bonds is 6. The standard InChI is InChI=1S/C18H26FN3O.2ClH/c1-18(2,3)12-22-16(7-5-6-10-20-4)21-15-9-8-13(19)11-14(15)17(22)23;;/h8-9,11,20H,5-7,10,12H2,1-4H3;2*1H. The van der Waals surface area contributed by atoms with Gasteiger partial charge in [0.2, 0.25) is 0 Å². The van der Waals surface area contributed by atoms with E-state index in [0.717, 1.165) is 31.6 Å². The number of fused-ring (bicyclic) bond motifs is 1. The molecule has 2 rings (SSSR count). The van der Waals surface area contributed by atoms with E-state index < -0.39 is 5.82 Å². The molecule has 1 aromatic heterocycles. The van der Waals surface area contributed by atoms with Crippen LogP contribution in [0.3, 0.4) is 0 Å². The van der Waals surface area contributed by atoms with Gasteiger partial charge in [-0.1, -0.05) is 20.8 Å². The lowest BCUT2D eigenvalue weighted by Crippen LogP contribution is -2.31. The summed E-state index contributed by atoms with van der Waals surface area (Å²) in [5.41, 5.74) is 0.380. The van der Waals surface area contributed by atoms with Gasteiger partial charge >= 0.3 is 0 Å². The topological polar surface area (TPSA) is 46.9 Å². The summed E-state index contributed by atoms with van der Waals surface area (Å²) in [5.74, 6) is 0.389. The molecule has 0 aliphatic rings. The zero-order valence-corrected chi connectivity index (χ0v) is 16.9. The van der Waals surface area contributed by atoms with Crippen LogP contribution in [0.1, 0.15) is 39.4 Å². The van der Waals surface area contributed by atoms with E-state index >= 15 is 0 Å². The highest BCUT2D eigenvalue weighted by Gasteiger charge is 2.18. The first-order valence-corrected chi connectivity index (χ1v) is 8.15. The van der Waals surface area contributed by atoms with Gasteiger partial charge in [0.25, 0.3) is 5.56 Å². The first-order chi connectivity index (χ1) is 10.8. The number of hydrogen-bond donors (Lipinski definition) is 1. The van der Waals surface area contributed by atoms with E-state index in [-0.39, 0.29) is 35.8 Å². The molecule has 4 nitrogen and oxygen atoms in total. The van der Waals surface area contributed by atoms with Gasteiger partial charge in [0.15, 0.2) is 0 Å². The lowest BCUT2D eigenvalue weighted by atomic mass is 9.96. The summed E-state index contributed by atoms with van der Waals surface area (Å²) in [7, 11) is 1.93. The van der Waals surface area contributed by atoms with E-state index in [1.165, 1.54) is 12.1 Å². The average molecular weight is 392 g/mol. The first kappa shape index (κ1) is 23.8. The summed E-state index contributed by atoms with van der Waals surface area (Å²) in [6.45, 7) is 7.77. The molecule has 2 aromatic rings. The largest absolute Gasteiger partial charge is 0.320 e. The summed E-state index contributed by atoms with van der Waals surface area (Å²) >= 11 is 0. The zero-order chi connectivity index (χ0) is 17.0. The van der Waals surface area contributed by atoms with Gasteiger partial charge in [-0.2, -0.15) is 0 Å². The molecule has 0 aliphatic heterocycles. The number of nitrogens with one attached hydrogen (secondary N) is 1. The number of aromatic nitrogens is 2. The normalized spacial score (nSPS) is 11.1. The van der Waals surface area contributed by atoms with Gasteiger partial charge in [0, 0.05) is 13.0 Å². The van der Waals surface area contributed by atoms with Gasteiger partial charge in [0.05, 0.1) is 10.9 Å². The SMILES string of the molecule is CNCCCCc1nc2ccc(F)cc2c(=O)n1CC(C)(C)C.Cl.Cl. The third-order valence-electron chi connectivity index (χ3n) is 3.70. The molecule has 25 heavy (non-hydrogen) atoms. The van der Waals surface area contributed by atoms with Crippen molar-refractivity contribution in [3.8, 4) is 0 Å². The van der Waals surface area contributed by atoms with E-state index in [1.54, 1.807) is 10.6 Å². The van der Waals surface area contributed by atoms with Gasteiger partial charge in [-0.05, 0) is 50.0 Å². The highest BCUT2D eigenvalue weighted by Crippen LogP contribution is 2.18. The third kappa shape index (κ3) is 6.57. The number of halogens is 3. The Morgan fingerprint density at radius 1 is 1.20 bits per heavy atom. The molecular weight excluding hydrogens is 364 g/mol. The monoisotopic (exact) mass is 391 g/mol. The first-order valence-electron chi connectivity index (χ1n) is 8.15. The molecule has 1 aromatic carbocycles. The minimum Gasteiger partial charge on any atom is -0.320 e. The Kier molecular flexibility index (Phi) is 9.62. The summed E-state index contributed by atoms with van der Waals surface area (Å²) in [4.78, 5) is 17.4. The van der Waals surface area contributed by atoms with Crippen molar-refractivity contribution in [3.05, 3.63) is 40.2 Å². The quantitative estimate of drug-likeness (QED) is 0.757. The number of nitrogens with zero attached hydrogens (tertiary/aromatic N) is 2. The van der Waals surface area contributed by atoms with Crippen LogP contribution in [0.5, 0.6) is 0 Å². The number of hydrogen-bond acceptors (Lipinski definition) is 3. The van der Waals surface area contributed by atoms with Gasteiger partial charge in [-0.25, -0.2) is 9.37 Å². The number of aryl methyl sites for hydroxylation is 1. The van der Waals surface area contributed by atoms with E-state index in [4.69, 9.17) is 0 Å². The zero-order valence-electron chi connectivity index (χ0n) is 15.3. The van der Waals surface area contributed by atoms with Crippen LogP contribution in [0.2, 0.25) is 0 Å². The molecule has 0 saturated carbocycles. The highest BCUT2D eigenvalue weighted by atomic mass is 35.5. The van der Waals surface area contributed by atoms with Crippen molar-refractivity contribution >= 4 is 35.7 Å². The predicted octanol–water partition coefficient (Wildman–Crippen LogP) is 3.97. The molecule has 0 unspecified atom stereocenters. The highest BCUT2D eigenvalue weighted by molar-refractivity contribution is 5.85. The fourth-order valence-corrected chi connectivity index (χ4v) is 2.65. The molecule has 142 valence electrons. The summed E-state index contributed by atoms with van der Waals surface area (Å²) < 4.78 is 15.2. The maximum atomic E-state index is 13.5. The van der Waals surface area contributed by atoms with Crippen LogP contribution in [-0.2, 0) is 13.0 Å². The van der Waals surface area contributed by atoms with Crippen LogP contribution in [0.15, 0.2) is 23.0 Å². The van der Waals surface area contributed by atoms with Gasteiger partial charge in [-0.3, -0.25) is 9.36 Å². The van der Waals surface area contributed by atoms with E-state index in [9.17, 15) is 9.18 Å². The van der Waals surface area contributed by atoms with E-state index in [0.29, 0.717) is 17.4 Å². The van der Waals surface area contributed by atoms with Crippen molar-refractivity contribution in [2.24, 2.45) is 5.41 Å². The molecule has 1 N–H and O–H groups in total. The Balaban J connectivity index is 0.00000288. The van der Waals surface area contributed by atoms with Crippen molar-refractivity contribution in [2.45, 2.75) is 46.6 Å². The smallest absolute Gasteiger partial charge is 0.261 e. The van der Waals surface area contributed by atoms with Crippen molar-refractivity contribution in [2.75, 3.05) is 13.6 Å². The van der Waals surface area contributed by atoms with Crippen molar-refractivity contribution in [3.63, 3.8) is 0 Å². The van der Waals surface area contributed by atoms with Crippen LogP contribution < -0.4 is 10.9 Å². The molecular formula is C18H28Cl2FN3O. The third-order valence-corrected chi connectivity index (χ3v) is 3.70. The lowest BCUT2D eigenvalue weighted by Gasteiger charge is -2.22. The van der Waals surface area contributed by atoms with Crippen molar-refractivity contribution in [1.82, 2.24) is 14.9 Å². The van der Waals surface area contributed by atoms with E-state index in [2.05, 4.69) is 31.1 Å². The minimum atomic E-state index is -0.402. The van der Waals surface area contributed by atoms with Crippen LogP contribution in [0, 0.1) is 11.2 Å². The van der Waals surface area contributed by atoms with Crippen molar-refractivity contribution in [1.29, 1.82) is 0 Å². The molecule has 0 aliphatic carbocycles. The summed E-state index contributed by atoms with van der Waals surface area (Å²) in [6, 6.07) is 4.23. The van der Waals surface area contributed by atoms with Gasteiger partial charge < -0.3 is 5.32 Å². The molecule has 7 heteroatoms. The molecule has 0 amide bonds. The maximum absolute atomic E-state index is 13.5. The molecule has 0 bridgehead atoms. The number of benzene rings is 1. The van der Waals surface area contributed by atoms with Crippen LogP contribution in [0.25, 0.3) is 10.9 Å². The van der Waals surface area contributed by atoms with Gasteiger partial charge in [0.1, 0.15) is 11.6 Å². The fourth-order valence-electron chi connectivity index (χ4n) is 2.65. The Morgan fingerprint density at radius 2 is 1.88 bits per heavy atom. The van der Waals surface area contributed by atoms with Crippen LogP contribution >= 0.6 is 24.8 Å². The Bertz CT molecular complexity index is 741. The molecule has 0 saturated heterocycles. The predicted molar refractivity (Wildman–Crippen MR) is 107 cm³/mol. The molecule has 0 fully saturated rings. The Labute approximate surface area is 161 Å². The van der Waals surface area contributed by atoms with E-state index in [1.807, 2.05) is 7.05 Å². The second-order valence-corrected chi connectivity index (χ2v) is 7.20. The maximum Gasteiger partial charge on any atom is 0.261 e. The van der Waals surface area contributed by atoms with Crippen LogP contribution in [-0.4, -0.2) is 23.1 Å². The van der Waals surface area contributed by atoms with Crippen molar-refractivity contribution < 1.29 is 4.39 Å². The molecule has 0 atom stereocenters. The second kappa shape index (κ2) is 10.1. The second-order valence-electron chi connectivity index (χ2n) is 7.20. The minimum absolute atomic E-state index is 0. The van der Waals surface area contributed by atoms with Crippen LogP contribution in [0.4, 0.5) is 4.39 Å². The fraction of sp³-hybridized carbons (Fsp3) is 0.556. The van der Waals surface area contributed by atoms with Gasteiger partial charge in [-0.15, -0.1) is 24.8 Å². The Hall–Kier alpha value is -1.17. The average Bonchev–Trinajstić information content (AvgIpc) is 2.47. The molecule has 0 spiro atoms. The molecule has 1 heterocycles. The molecule has 0 radical (unpaired) electrons. The lowest BCUT2D eigenvalue weighted by molar-refractivity contribution is 0.330. The summed E-state index contributed by atoms with van der Waals surface area (Å²) in [6.07, 6.45) is 2.74. The Morgan fingerprint density at radius 3 is 2.48 bits per heavy atom. The number of unbranched alkanes of at least 4 members (excludes halogenated alkanes) is 1.